The lowest BCUT2D eigenvalue weighted by molar-refractivity contribution is 0.0418. The molecule has 1 aliphatic rings. The molecule has 0 bridgehead atoms. The van der Waals surface area contributed by atoms with Gasteiger partial charge < -0.3 is 0 Å². The van der Waals surface area contributed by atoms with E-state index in [1.54, 1.807) is 0 Å². The average molecular weight is 278 g/mol. The Bertz CT molecular complexity index is 416. The van der Waals surface area contributed by atoms with Crippen LogP contribution in [0.3, 0.4) is 0 Å². The van der Waals surface area contributed by atoms with E-state index < -0.39 is 0 Å². The van der Waals surface area contributed by atoms with Gasteiger partial charge in [0.1, 0.15) is 0 Å². The molecule has 1 aromatic rings. The molecule has 0 saturated heterocycles. The van der Waals surface area contributed by atoms with Crippen LogP contribution in [0.4, 0.5) is 0 Å². The van der Waals surface area contributed by atoms with Crippen LogP contribution in [0.1, 0.15) is 45.6 Å². The fraction of sp³-hybridized carbons (Fsp3) is 0.625. The molecule has 1 aromatic carbocycles. The molecule has 1 saturated carbocycles. The van der Waals surface area contributed by atoms with E-state index in [-0.39, 0.29) is 20.2 Å². The predicted molar refractivity (Wildman–Crippen MR) is 78.5 cm³/mol. The normalized spacial score (nSPS) is 28.5. The third-order valence-corrected chi connectivity index (χ3v) is 5.03. The maximum atomic E-state index is 10.9. The summed E-state index contributed by atoms with van der Waals surface area (Å²) in [5.74, 6) is 1.09. The molecule has 0 radical (unpaired) electrons. The lowest BCUT2D eigenvalue weighted by Gasteiger charge is -2.43. The zero-order valence-corrected chi connectivity index (χ0v) is 12.9. The highest BCUT2D eigenvalue weighted by Gasteiger charge is 2.40. The van der Waals surface area contributed by atoms with Crippen LogP contribution in [0.15, 0.2) is 30.3 Å². The van der Waals surface area contributed by atoms with Gasteiger partial charge in [-0.2, -0.15) is 0 Å². The largest absolute Gasteiger partial charge is 0.327 e. The van der Waals surface area contributed by atoms with Crippen molar-refractivity contribution in [2.45, 2.75) is 51.6 Å². The molecule has 0 unspecified atom stereocenters. The van der Waals surface area contributed by atoms with Crippen molar-refractivity contribution in [2.75, 3.05) is 0 Å². The summed E-state index contributed by atoms with van der Waals surface area (Å²) in [5, 5.41) is 0. The first kappa shape index (κ1) is 14.7. The van der Waals surface area contributed by atoms with E-state index >= 15 is 0 Å². The van der Waals surface area contributed by atoms with Crippen LogP contribution < -0.4 is 0 Å². The highest BCUT2D eigenvalue weighted by Crippen LogP contribution is 2.44. The van der Waals surface area contributed by atoms with Gasteiger partial charge in [-0.05, 0) is 35.7 Å². The molecule has 1 fully saturated rings. The van der Waals surface area contributed by atoms with Crippen molar-refractivity contribution >= 4 is 8.69 Å². The minimum atomic E-state index is -0.187. The summed E-state index contributed by atoms with van der Waals surface area (Å²) < 4.78 is 16.4. The number of hydrogen-bond acceptors (Lipinski definition) is 2. The molecule has 0 spiro atoms. The standard InChI is InChI=1S/C16H23O2P/c1-12-9-10-14(15(11-12)18-19-17)16(2,3)13-7-5-4-6-8-13/h4-8,12,14-15H,9-11H2,1-3H3/t12-,14-,15-/m1/s1. The van der Waals surface area contributed by atoms with E-state index in [1.807, 2.05) is 6.07 Å². The van der Waals surface area contributed by atoms with E-state index in [2.05, 4.69) is 45.0 Å². The summed E-state index contributed by atoms with van der Waals surface area (Å²) in [6.45, 7) is 6.81. The first-order chi connectivity index (χ1) is 9.05. The highest BCUT2D eigenvalue weighted by atomic mass is 31.1. The second kappa shape index (κ2) is 6.15. The quantitative estimate of drug-likeness (QED) is 0.725. The van der Waals surface area contributed by atoms with Gasteiger partial charge in [0, 0.05) is 0 Å². The summed E-state index contributed by atoms with van der Waals surface area (Å²) in [4.78, 5) is 0. The monoisotopic (exact) mass is 278 g/mol. The van der Waals surface area contributed by atoms with Crippen molar-refractivity contribution in [3.8, 4) is 0 Å². The second-order valence-corrected chi connectivity index (χ2v) is 6.69. The summed E-state index contributed by atoms with van der Waals surface area (Å²) in [6.07, 6.45) is 3.48. The van der Waals surface area contributed by atoms with Crippen LogP contribution in [0.5, 0.6) is 0 Å². The first-order valence-electron chi connectivity index (χ1n) is 7.09. The minimum absolute atomic E-state index is 0.0523. The van der Waals surface area contributed by atoms with Crippen LogP contribution in [0, 0.1) is 11.8 Å². The van der Waals surface area contributed by atoms with Crippen molar-refractivity contribution in [1.29, 1.82) is 0 Å². The van der Waals surface area contributed by atoms with Gasteiger partial charge in [-0.3, -0.25) is 4.52 Å². The molecule has 19 heavy (non-hydrogen) atoms. The van der Waals surface area contributed by atoms with E-state index in [9.17, 15) is 4.57 Å². The topological polar surface area (TPSA) is 26.3 Å². The van der Waals surface area contributed by atoms with Gasteiger partial charge in [0.05, 0.1) is 6.10 Å². The van der Waals surface area contributed by atoms with E-state index in [0.29, 0.717) is 11.8 Å². The smallest absolute Gasteiger partial charge is 0.291 e. The Labute approximate surface area is 117 Å². The summed E-state index contributed by atoms with van der Waals surface area (Å²) in [5.41, 5.74) is 1.39. The Balaban J connectivity index is 2.24. The van der Waals surface area contributed by atoms with E-state index in [0.717, 1.165) is 12.8 Å². The molecule has 0 heterocycles. The van der Waals surface area contributed by atoms with Crippen LogP contribution in [-0.4, -0.2) is 6.10 Å². The molecule has 0 aliphatic heterocycles. The molecule has 3 heteroatoms. The Morgan fingerprint density at radius 2 is 1.89 bits per heavy atom. The number of rotatable bonds is 4. The van der Waals surface area contributed by atoms with E-state index in [1.165, 1.54) is 12.0 Å². The second-order valence-electron chi connectivity index (χ2n) is 6.33. The molecule has 2 rings (SSSR count). The van der Waals surface area contributed by atoms with E-state index in [4.69, 9.17) is 4.52 Å². The minimum Gasteiger partial charge on any atom is -0.291 e. The Hall–Kier alpha value is -0.720. The third-order valence-electron chi connectivity index (χ3n) is 4.68. The van der Waals surface area contributed by atoms with Gasteiger partial charge in [0.15, 0.2) is 0 Å². The maximum Gasteiger partial charge on any atom is 0.327 e. The average Bonchev–Trinajstić information content (AvgIpc) is 2.40. The van der Waals surface area contributed by atoms with Crippen molar-refractivity contribution < 1.29 is 9.09 Å². The third kappa shape index (κ3) is 3.24. The van der Waals surface area contributed by atoms with Gasteiger partial charge in [-0.1, -0.05) is 57.5 Å². The fourth-order valence-corrected chi connectivity index (χ4v) is 3.75. The van der Waals surface area contributed by atoms with Crippen molar-refractivity contribution in [1.82, 2.24) is 0 Å². The fourth-order valence-electron chi connectivity index (χ4n) is 3.41. The van der Waals surface area contributed by atoms with Gasteiger partial charge in [0.2, 0.25) is 0 Å². The molecular weight excluding hydrogens is 255 g/mol. The van der Waals surface area contributed by atoms with Crippen LogP contribution >= 0.6 is 8.69 Å². The molecule has 0 amide bonds. The molecule has 104 valence electrons. The molecule has 0 N–H and O–H groups in total. The Kier molecular flexibility index (Phi) is 4.76. The zero-order chi connectivity index (χ0) is 13.9. The molecule has 0 aromatic heterocycles. The summed E-state index contributed by atoms with van der Waals surface area (Å²) in [6, 6.07) is 10.6. The molecule has 2 nitrogen and oxygen atoms in total. The zero-order valence-electron chi connectivity index (χ0n) is 12.0. The summed E-state index contributed by atoms with van der Waals surface area (Å²) in [7, 11) is -0.187. The van der Waals surface area contributed by atoms with Crippen LogP contribution in [0.2, 0.25) is 0 Å². The highest BCUT2D eigenvalue weighted by molar-refractivity contribution is 7.17. The summed E-state index contributed by atoms with van der Waals surface area (Å²) >= 11 is 0. The van der Waals surface area contributed by atoms with Crippen molar-refractivity contribution in [3.05, 3.63) is 35.9 Å². The lowest BCUT2D eigenvalue weighted by Crippen LogP contribution is -2.41. The van der Waals surface area contributed by atoms with Gasteiger partial charge in [-0.25, -0.2) is 4.57 Å². The van der Waals surface area contributed by atoms with Crippen LogP contribution in [-0.2, 0) is 14.5 Å². The SMILES string of the molecule is C[C@@H]1CC[C@@H](C(C)(C)c2ccccc2)[C@H](OP=O)C1. The Morgan fingerprint density at radius 3 is 2.53 bits per heavy atom. The van der Waals surface area contributed by atoms with Gasteiger partial charge in [-0.15, -0.1) is 0 Å². The molecule has 1 aliphatic carbocycles. The van der Waals surface area contributed by atoms with Gasteiger partial charge in [0.25, 0.3) is 0 Å². The number of benzene rings is 1. The van der Waals surface area contributed by atoms with Crippen molar-refractivity contribution in [3.63, 3.8) is 0 Å². The lowest BCUT2D eigenvalue weighted by atomic mass is 9.64. The molecular formula is C16H23O2P. The molecule has 3 atom stereocenters. The first-order valence-corrected chi connectivity index (χ1v) is 7.82. The maximum absolute atomic E-state index is 10.9. The number of hydrogen-bond donors (Lipinski definition) is 0. The van der Waals surface area contributed by atoms with Crippen molar-refractivity contribution in [2.24, 2.45) is 11.8 Å². The predicted octanol–water partition coefficient (Wildman–Crippen LogP) is 4.99. The Morgan fingerprint density at radius 1 is 1.21 bits per heavy atom. The van der Waals surface area contributed by atoms with Gasteiger partial charge >= 0.3 is 8.69 Å². The van der Waals surface area contributed by atoms with Crippen LogP contribution in [0.25, 0.3) is 0 Å².